The fourth-order valence-electron chi connectivity index (χ4n) is 0.779. The molecule has 0 saturated heterocycles. The molecular formula is C10H19N. The number of nitrogens with one attached hydrogen (secondary N) is 1. The largest absolute Gasteiger partial charge is 0.316 e. The van der Waals surface area contributed by atoms with Crippen molar-refractivity contribution in [2.75, 3.05) is 13.1 Å². The van der Waals surface area contributed by atoms with E-state index in [0.717, 1.165) is 25.9 Å². The van der Waals surface area contributed by atoms with Crippen molar-refractivity contribution in [3.63, 3.8) is 0 Å². The molecule has 0 amide bonds. The Morgan fingerprint density at radius 2 is 2.00 bits per heavy atom. The number of hydrogen-bond donors (Lipinski definition) is 1. The van der Waals surface area contributed by atoms with E-state index in [1.165, 1.54) is 0 Å². The van der Waals surface area contributed by atoms with Crippen LogP contribution >= 0.6 is 0 Å². The van der Waals surface area contributed by atoms with E-state index in [9.17, 15) is 0 Å². The summed E-state index contributed by atoms with van der Waals surface area (Å²) in [7, 11) is 0. The maximum absolute atomic E-state index is 5.12. The lowest BCUT2D eigenvalue weighted by Crippen LogP contribution is -2.27. The molecule has 0 aliphatic heterocycles. The second-order valence-electron chi connectivity index (χ2n) is 4.05. The SMILES string of the molecule is C#CCCCNCC(C)(C)C. The van der Waals surface area contributed by atoms with Gasteiger partial charge in [0.1, 0.15) is 0 Å². The molecule has 0 bridgehead atoms. The molecule has 1 nitrogen and oxygen atoms in total. The third kappa shape index (κ3) is 9.52. The molecule has 1 heteroatoms. The van der Waals surface area contributed by atoms with E-state index < -0.39 is 0 Å². The highest BCUT2D eigenvalue weighted by atomic mass is 14.9. The second kappa shape index (κ2) is 5.21. The molecular weight excluding hydrogens is 134 g/mol. The highest BCUT2D eigenvalue weighted by Crippen LogP contribution is 2.09. The summed E-state index contributed by atoms with van der Waals surface area (Å²) in [6, 6.07) is 0. The third-order valence-corrected chi connectivity index (χ3v) is 1.33. The smallest absolute Gasteiger partial charge is 0.00981 e. The lowest BCUT2D eigenvalue weighted by atomic mass is 9.97. The molecule has 0 aliphatic carbocycles. The Bertz CT molecular complexity index is 125. The predicted molar refractivity (Wildman–Crippen MR) is 50.4 cm³/mol. The molecule has 0 aromatic heterocycles. The first-order chi connectivity index (χ1) is 5.06. The van der Waals surface area contributed by atoms with Crippen molar-refractivity contribution in [3.05, 3.63) is 0 Å². The van der Waals surface area contributed by atoms with Gasteiger partial charge in [-0.15, -0.1) is 12.3 Å². The molecule has 0 aromatic carbocycles. The summed E-state index contributed by atoms with van der Waals surface area (Å²) in [4.78, 5) is 0. The number of unbranched alkanes of at least 4 members (excludes halogenated alkanes) is 1. The first kappa shape index (κ1) is 10.5. The van der Waals surface area contributed by atoms with Crippen molar-refractivity contribution in [3.8, 4) is 12.3 Å². The minimum absolute atomic E-state index is 0.385. The quantitative estimate of drug-likeness (QED) is 0.481. The number of hydrogen-bond acceptors (Lipinski definition) is 1. The molecule has 0 heterocycles. The van der Waals surface area contributed by atoms with Crippen molar-refractivity contribution in [2.24, 2.45) is 5.41 Å². The summed E-state index contributed by atoms with van der Waals surface area (Å²) in [5, 5.41) is 3.36. The molecule has 0 spiro atoms. The predicted octanol–water partition coefficient (Wildman–Crippen LogP) is 2.04. The minimum atomic E-state index is 0.385. The first-order valence-electron chi connectivity index (χ1n) is 4.20. The van der Waals surface area contributed by atoms with Crippen LogP contribution in [0.4, 0.5) is 0 Å². The van der Waals surface area contributed by atoms with Gasteiger partial charge in [0.05, 0.1) is 0 Å². The van der Waals surface area contributed by atoms with Gasteiger partial charge in [-0.2, -0.15) is 0 Å². The van der Waals surface area contributed by atoms with Gasteiger partial charge in [-0.3, -0.25) is 0 Å². The Morgan fingerprint density at radius 3 is 2.45 bits per heavy atom. The normalized spacial score (nSPS) is 11.1. The van der Waals surface area contributed by atoms with Gasteiger partial charge in [0.25, 0.3) is 0 Å². The average molecular weight is 153 g/mol. The fourth-order valence-corrected chi connectivity index (χ4v) is 0.779. The molecule has 0 saturated carbocycles. The van der Waals surface area contributed by atoms with Crippen LogP contribution in [0.5, 0.6) is 0 Å². The fraction of sp³-hybridized carbons (Fsp3) is 0.800. The van der Waals surface area contributed by atoms with Crippen molar-refractivity contribution in [1.82, 2.24) is 5.32 Å². The molecule has 64 valence electrons. The van der Waals surface area contributed by atoms with E-state index in [-0.39, 0.29) is 0 Å². The minimum Gasteiger partial charge on any atom is -0.316 e. The zero-order valence-electron chi connectivity index (χ0n) is 7.91. The van der Waals surface area contributed by atoms with E-state index in [1.807, 2.05) is 0 Å². The van der Waals surface area contributed by atoms with Crippen LogP contribution in [0.15, 0.2) is 0 Å². The second-order valence-corrected chi connectivity index (χ2v) is 4.05. The van der Waals surface area contributed by atoms with E-state index in [0.29, 0.717) is 5.41 Å². The van der Waals surface area contributed by atoms with Crippen LogP contribution in [0.25, 0.3) is 0 Å². The van der Waals surface area contributed by atoms with Gasteiger partial charge in [-0.25, -0.2) is 0 Å². The van der Waals surface area contributed by atoms with Crippen LogP contribution in [0, 0.1) is 17.8 Å². The van der Waals surface area contributed by atoms with Crippen molar-refractivity contribution < 1.29 is 0 Å². The first-order valence-corrected chi connectivity index (χ1v) is 4.20. The van der Waals surface area contributed by atoms with E-state index in [4.69, 9.17) is 6.42 Å². The van der Waals surface area contributed by atoms with E-state index in [1.54, 1.807) is 0 Å². The molecule has 0 aromatic rings. The van der Waals surface area contributed by atoms with Crippen molar-refractivity contribution in [1.29, 1.82) is 0 Å². The van der Waals surface area contributed by atoms with Gasteiger partial charge in [-0.05, 0) is 24.9 Å². The van der Waals surface area contributed by atoms with Gasteiger partial charge in [-0.1, -0.05) is 20.8 Å². The van der Waals surface area contributed by atoms with Crippen LogP contribution in [0.1, 0.15) is 33.6 Å². The summed E-state index contributed by atoms with van der Waals surface area (Å²) in [6.45, 7) is 8.78. The zero-order chi connectivity index (χ0) is 8.74. The molecule has 0 fully saturated rings. The van der Waals surface area contributed by atoms with Crippen molar-refractivity contribution in [2.45, 2.75) is 33.6 Å². The van der Waals surface area contributed by atoms with Crippen LogP contribution in [-0.4, -0.2) is 13.1 Å². The monoisotopic (exact) mass is 153 g/mol. The molecule has 0 unspecified atom stereocenters. The van der Waals surface area contributed by atoms with Crippen LogP contribution in [0.3, 0.4) is 0 Å². The Morgan fingerprint density at radius 1 is 1.36 bits per heavy atom. The summed E-state index contributed by atoms with van der Waals surface area (Å²) >= 11 is 0. The summed E-state index contributed by atoms with van der Waals surface area (Å²) in [5.74, 6) is 2.63. The molecule has 1 N–H and O–H groups in total. The van der Waals surface area contributed by atoms with Gasteiger partial charge in [0.2, 0.25) is 0 Å². The highest BCUT2D eigenvalue weighted by molar-refractivity contribution is 4.83. The van der Waals surface area contributed by atoms with E-state index >= 15 is 0 Å². The topological polar surface area (TPSA) is 12.0 Å². The molecule has 11 heavy (non-hydrogen) atoms. The Labute approximate surface area is 70.6 Å². The maximum Gasteiger partial charge on any atom is 0.00981 e. The van der Waals surface area contributed by atoms with Gasteiger partial charge in [0.15, 0.2) is 0 Å². The lowest BCUT2D eigenvalue weighted by molar-refractivity contribution is 0.380. The number of terminal acetylenes is 1. The zero-order valence-corrected chi connectivity index (χ0v) is 7.91. The van der Waals surface area contributed by atoms with Crippen LogP contribution in [-0.2, 0) is 0 Å². The third-order valence-electron chi connectivity index (χ3n) is 1.33. The lowest BCUT2D eigenvalue weighted by Gasteiger charge is -2.18. The van der Waals surface area contributed by atoms with Crippen molar-refractivity contribution >= 4 is 0 Å². The van der Waals surface area contributed by atoms with Crippen LogP contribution < -0.4 is 5.32 Å². The average Bonchev–Trinajstić information content (AvgIpc) is 1.85. The van der Waals surface area contributed by atoms with Gasteiger partial charge >= 0.3 is 0 Å². The summed E-state index contributed by atoms with van der Waals surface area (Å²) in [5.41, 5.74) is 0.385. The standard InChI is InChI=1S/C10H19N/c1-5-6-7-8-11-9-10(2,3)4/h1,11H,6-9H2,2-4H3. The Kier molecular flexibility index (Phi) is 4.98. The van der Waals surface area contributed by atoms with Gasteiger partial charge in [0, 0.05) is 6.42 Å². The number of rotatable bonds is 4. The van der Waals surface area contributed by atoms with Gasteiger partial charge < -0.3 is 5.32 Å². The highest BCUT2D eigenvalue weighted by Gasteiger charge is 2.07. The Balaban J connectivity index is 3.10. The Hall–Kier alpha value is -0.480. The van der Waals surface area contributed by atoms with Crippen LogP contribution in [0.2, 0.25) is 0 Å². The maximum atomic E-state index is 5.12. The molecule has 0 atom stereocenters. The van der Waals surface area contributed by atoms with E-state index in [2.05, 4.69) is 32.0 Å². The summed E-state index contributed by atoms with van der Waals surface area (Å²) in [6.07, 6.45) is 7.09. The molecule has 0 aliphatic rings. The molecule has 0 rings (SSSR count). The molecule has 0 radical (unpaired) electrons. The summed E-state index contributed by atoms with van der Waals surface area (Å²) < 4.78 is 0.